The zero-order chi connectivity index (χ0) is 18.3. The monoisotopic (exact) mass is 352 g/mol. The molecule has 0 bridgehead atoms. The van der Waals surface area contributed by atoms with E-state index in [9.17, 15) is 4.79 Å². The average molecular weight is 352 g/mol. The lowest BCUT2D eigenvalue weighted by Gasteiger charge is -2.36. The Balaban J connectivity index is 1.92. The second kappa shape index (κ2) is 6.59. The summed E-state index contributed by atoms with van der Waals surface area (Å²) in [6.45, 7) is 8.64. The molecule has 2 unspecified atom stereocenters. The van der Waals surface area contributed by atoms with E-state index in [1.807, 2.05) is 18.2 Å². The van der Waals surface area contributed by atoms with Gasteiger partial charge in [-0.2, -0.15) is 5.10 Å². The van der Waals surface area contributed by atoms with Crippen LogP contribution in [0.4, 0.5) is 5.82 Å². The van der Waals surface area contributed by atoms with Gasteiger partial charge in [-0.05, 0) is 37.3 Å². The van der Waals surface area contributed by atoms with Crippen LogP contribution >= 0.6 is 0 Å². The van der Waals surface area contributed by atoms with E-state index in [-0.39, 0.29) is 5.97 Å². The first-order chi connectivity index (χ1) is 12.6. The van der Waals surface area contributed by atoms with Crippen molar-refractivity contribution in [2.24, 2.45) is 11.8 Å². The largest absolute Gasteiger partial charge is 0.462 e. The fourth-order valence-corrected chi connectivity index (χ4v) is 4.06. The number of carbonyl (C=O) groups excluding carboxylic acids is 1. The second-order valence-corrected chi connectivity index (χ2v) is 7.32. The first-order valence-corrected chi connectivity index (χ1v) is 9.27. The van der Waals surface area contributed by atoms with Crippen LogP contribution in [0.5, 0.6) is 0 Å². The average Bonchev–Trinajstić information content (AvgIpc) is 3.04. The summed E-state index contributed by atoms with van der Waals surface area (Å²) in [6, 6.07) is 8.10. The van der Waals surface area contributed by atoms with Gasteiger partial charge in [0.1, 0.15) is 11.4 Å². The standard InChI is InChI=1S/C20H24N4O2/c1-4-26-20(25)16-10-21-24-17-8-6-5-7-15(17)18(22-19(16)24)23-11-13(2)9-14(3)12-23/h5-8,10,13-14H,4,9,11-12H2,1-3H3. The van der Waals surface area contributed by atoms with Gasteiger partial charge >= 0.3 is 5.97 Å². The summed E-state index contributed by atoms with van der Waals surface area (Å²) in [7, 11) is 0. The summed E-state index contributed by atoms with van der Waals surface area (Å²) in [4.78, 5) is 19.6. The number of benzene rings is 1. The minimum Gasteiger partial charge on any atom is -0.462 e. The van der Waals surface area contributed by atoms with E-state index in [0.29, 0.717) is 29.7 Å². The number of esters is 1. The number of carbonyl (C=O) groups is 1. The van der Waals surface area contributed by atoms with Gasteiger partial charge in [0.2, 0.25) is 0 Å². The smallest absolute Gasteiger partial charge is 0.343 e. The summed E-state index contributed by atoms with van der Waals surface area (Å²) in [5.41, 5.74) is 1.92. The molecule has 2 atom stereocenters. The molecular weight excluding hydrogens is 328 g/mol. The molecule has 26 heavy (non-hydrogen) atoms. The van der Waals surface area contributed by atoms with Gasteiger partial charge in [0.05, 0.1) is 18.3 Å². The Hall–Kier alpha value is -2.63. The van der Waals surface area contributed by atoms with Crippen molar-refractivity contribution in [3.63, 3.8) is 0 Å². The van der Waals surface area contributed by atoms with Crippen molar-refractivity contribution in [2.75, 3.05) is 24.6 Å². The van der Waals surface area contributed by atoms with Gasteiger partial charge in [-0.25, -0.2) is 14.3 Å². The lowest BCUT2D eigenvalue weighted by atomic mass is 9.92. The fraction of sp³-hybridized carbons (Fsp3) is 0.450. The highest BCUT2D eigenvalue weighted by atomic mass is 16.5. The van der Waals surface area contributed by atoms with Crippen LogP contribution in [0, 0.1) is 11.8 Å². The van der Waals surface area contributed by atoms with E-state index >= 15 is 0 Å². The third kappa shape index (κ3) is 2.79. The van der Waals surface area contributed by atoms with Crippen LogP contribution in [-0.4, -0.2) is 40.3 Å². The predicted octanol–water partition coefficient (Wildman–Crippen LogP) is 3.54. The molecule has 0 amide bonds. The van der Waals surface area contributed by atoms with Gasteiger partial charge in [0.25, 0.3) is 0 Å². The number of rotatable bonds is 3. The van der Waals surface area contributed by atoms with Crippen LogP contribution in [0.15, 0.2) is 30.5 Å². The maximum Gasteiger partial charge on any atom is 0.343 e. The second-order valence-electron chi connectivity index (χ2n) is 7.32. The molecule has 1 saturated heterocycles. The fourth-order valence-electron chi connectivity index (χ4n) is 4.06. The number of nitrogens with zero attached hydrogens (tertiary/aromatic N) is 4. The molecular formula is C20H24N4O2. The number of ether oxygens (including phenoxy) is 1. The van der Waals surface area contributed by atoms with E-state index in [2.05, 4.69) is 29.9 Å². The summed E-state index contributed by atoms with van der Waals surface area (Å²) >= 11 is 0. The van der Waals surface area contributed by atoms with E-state index in [1.165, 1.54) is 6.42 Å². The summed E-state index contributed by atoms with van der Waals surface area (Å²) in [5.74, 6) is 1.78. The first kappa shape index (κ1) is 16.8. The van der Waals surface area contributed by atoms with Crippen LogP contribution in [0.2, 0.25) is 0 Å². The Morgan fingerprint density at radius 1 is 1.23 bits per heavy atom. The Morgan fingerprint density at radius 2 is 1.96 bits per heavy atom. The molecule has 1 fully saturated rings. The van der Waals surface area contributed by atoms with E-state index in [0.717, 1.165) is 29.8 Å². The highest BCUT2D eigenvalue weighted by molar-refractivity contribution is 5.99. The van der Waals surface area contributed by atoms with Crippen molar-refractivity contribution < 1.29 is 9.53 Å². The topological polar surface area (TPSA) is 59.7 Å². The third-order valence-electron chi connectivity index (χ3n) is 4.99. The molecule has 0 N–H and O–H groups in total. The molecule has 2 aromatic heterocycles. The molecule has 0 aliphatic carbocycles. The van der Waals surface area contributed by atoms with Gasteiger partial charge in [-0.1, -0.05) is 26.0 Å². The molecule has 4 rings (SSSR count). The quantitative estimate of drug-likeness (QED) is 0.675. The number of piperidine rings is 1. The van der Waals surface area contributed by atoms with E-state index in [4.69, 9.17) is 9.72 Å². The lowest BCUT2D eigenvalue weighted by Crippen LogP contribution is -2.39. The van der Waals surface area contributed by atoms with Crippen molar-refractivity contribution in [3.8, 4) is 0 Å². The van der Waals surface area contributed by atoms with Crippen molar-refractivity contribution in [2.45, 2.75) is 27.2 Å². The SMILES string of the molecule is CCOC(=O)c1cnn2c1nc(N1CC(C)CC(C)C1)c1ccccc12. The van der Waals surface area contributed by atoms with Gasteiger partial charge in [0, 0.05) is 18.5 Å². The number of aromatic nitrogens is 3. The number of anilines is 1. The molecule has 3 heterocycles. The number of para-hydroxylation sites is 1. The van der Waals surface area contributed by atoms with Crippen molar-refractivity contribution in [1.29, 1.82) is 0 Å². The minimum atomic E-state index is -0.378. The van der Waals surface area contributed by atoms with Gasteiger partial charge < -0.3 is 9.64 Å². The van der Waals surface area contributed by atoms with E-state index in [1.54, 1.807) is 17.6 Å². The lowest BCUT2D eigenvalue weighted by molar-refractivity contribution is 0.0528. The van der Waals surface area contributed by atoms with Crippen LogP contribution in [0.3, 0.4) is 0 Å². The maximum absolute atomic E-state index is 12.3. The molecule has 0 saturated carbocycles. The first-order valence-electron chi connectivity index (χ1n) is 9.27. The summed E-state index contributed by atoms with van der Waals surface area (Å²) < 4.78 is 6.92. The van der Waals surface area contributed by atoms with Crippen LogP contribution in [-0.2, 0) is 4.74 Å². The number of fused-ring (bicyclic) bond motifs is 3. The van der Waals surface area contributed by atoms with Gasteiger partial charge in [0.15, 0.2) is 5.65 Å². The molecule has 1 aliphatic rings. The zero-order valence-electron chi connectivity index (χ0n) is 15.5. The normalized spacial score (nSPS) is 20.7. The van der Waals surface area contributed by atoms with Crippen LogP contribution in [0.1, 0.15) is 37.6 Å². The highest BCUT2D eigenvalue weighted by Crippen LogP contribution is 2.31. The molecule has 0 radical (unpaired) electrons. The Labute approximate surface area is 152 Å². The maximum atomic E-state index is 12.3. The molecule has 1 aliphatic heterocycles. The van der Waals surface area contributed by atoms with Crippen molar-refractivity contribution in [3.05, 3.63) is 36.0 Å². The Bertz CT molecular complexity index is 955. The summed E-state index contributed by atoms with van der Waals surface area (Å²) in [6.07, 6.45) is 2.79. The Kier molecular flexibility index (Phi) is 4.26. The van der Waals surface area contributed by atoms with Crippen LogP contribution in [0.25, 0.3) is 16.6 Å². The highest BCUT2D eigenvalue weighted by Gasteiger charge is 2.26. The molecule has 6 nitrogen and oxygen atoms in total. The zero-order valence-corrected chi connectivity index (χ0v) is 15.5. The van der Waals surface area contributed by atoms with Gasteiger partial charge in [-0.15, -0.1) is 0 Å². The third-order valence-corrected chi connectivity index (χ3v) is 4.99. The molecule has 6 heteroatoms. The molecule has 0 spiro atoms. The summed E-state index contributed by atoms with van der Waals surface area (Å²) in [5, 5.41) is 5.46. The number of hydrogen-bond donors (Lipinski definition) is 0. The molecule has 136 valence electrons. The van der Waals surface area contributed by atoms with Crippen molar-refractivity contribution >= 4 is 28.3 Å². The molecule has 3 aromatic rings. The number of hydrogen-bond acceptors (Lipinski definition) is 5. The van der Waals surface area contributed by atoms with Crippen molar-refractivity contribution in [1.82, 2.24) is 14.6 Å². The minimum absolute atomic E-state index is 0.331. The van der Waals surface area contributed by atoms with E-state index < -0.39 is 0 Å². The van der Waals surface area contributed by atoms with Crippen LogP contribution < -0.4 is 4.90 Å². The predicted molar refractivity (Wildman–Crippen MR) is 102 cm³/mol. The Morgan fingerprint density at radius 3 is 2.69 bits per heavy atom. The van der Waals surface area contributed by atoms with Gasteiger partial charge in [-0.3, -0.25) is 0 Å². The molecule has 1 aromatic carbocycles.